The van der Waals surface area contributed by atoms with Crippen molar-refractivity contribution < 1.29 is 23.4 Å². The van der Waals surface area contributed by atoms with E-state index in [1.807, 2.05) is 6.07 Å². The molecule has 0 spiro atoms. The Labute approximate surface area is 169 Å². The number of nitrogens with zero attached hydrogens (tertiary/aromatic N) is 2. The Balaban J connectivity index is 1.40. The van der Waals surface area contributed by atoms with Crippen molar-refractivity contribution in [2.75, 3.05) is 6.79 Å². The molecule has 4 aromatic rings. The molecule has 3 heterocycles. The van der Waals surface area contributed by atoms with E-state index in [9.17, 15) is 9.18 Å². The van der Waals surface area contributed by atoms with Crippen LogP contribution in [0.15, 0.2) is 48.5 Å². The summed E-state index contributed by atoms with van der Waals surface area (Å²) in [6.07, 6.45) is 0. The lowest BCUT2D eigenvalue weighted by Gasteiger charge is -2.04. The fraction of sp³-hybridized carbons (Fsp3) is 0.143. The molecule has 0 saturated carbocycles. The quantitative estimate of drug-likeness (QED) is 0.463. The minimum atomic E-state index is -0.441. The van der Waals surface area contributed by atoms with Crippen molar-refractivity contribution >= 4 is 27.5 Å². The number of esters is 1. The van der Waals surface area contributed by atoms with Crippen LogP contribution < -0.4 is 9.47 Å². The summed E-state index contributed by atoms with van der Waals surface area (Å²) in [5.41, 5.74) is 1.71. The molecule has 0 atom stereocenters. The molecule has 6 nitrogen and oxygen atoms in total. The molecule has 29 heavy (non-hydrogen) atoms. The molecule has 0 fully saturated rings. The van der Waals surface area contributed by atoms with Crippen LogP contribution in [0.1, 0.15) is 15.2 Å². The SMILES string of the molecule is Cn1nc(-c2ccccc2F)c2cc(C(=O)OCc3ccc4c(c3)OCO4)sc21. The standard InChI is InChI=1S/C21H15FN2O4S/c1-24-20-14(19(23-24)13-4-2-3-5-15(13)22)9-18(29-20)21(25)26-10-12-6-7-16-17(8-12)28-11-27-16/h2-9H,10-11H2,1H3. The van der Waals surface area contributed by atoms with E-state index in [1.165, 1.54) is 17.4 Å². The van der Waals surface area contributed by atoms with Crippen molar-refractivity contribution in [3.63, 3.8) is 0 Å². The predicted molar refractivity (Wildman–Crippen MR) is 106 cm³/mol. The van der Waals surface area contributed by atoms with Gasteiger partial charge in [0.2, 0.25) is 6.79 Å². The first-order valence-electron chi connectivity index (χ1n) is 8.87. The van der Waals surface area contributed by atoms with Crippen LogP contribution in [0.2, 0.25) is 0 Å². The second kappa shape index (κ2) is 6.89. The lowest BCUT2D eigenvalue weighted by atomic mass is 10.1. The van der Waals surface area contributed by atoms with Gasteiger partial charge in [0.05, 0.1) is 0 Å². The maximum atomic E-state index is 14.2. The minimum absolute atomic E-state index is 0.113. The van der Waals surface area contributed by atoms with E-state index in [0.29, 0.717) is 27.6 Å². The summed E-state index contributed by atoms with van der Waals surface area (Å²) in [7, 11) is 1.77. The number of fused-ring (bicyclic) bond motifs is 2. The summed E-state index contributed by atoms with van der Waals surface area (Å²) in [4.78, 5) is 13.8. The Kier molecular flexibility index (Phi) is 4.21. The van der Waals surface area contributed by atoms with E-state index in [-0.39, 0.29) is 19.2 Å². The van der Waals surface area contributed by atoms with Crippen LogP contribution in [0.25, 0.3) is 21.5 Å². The summed E-state index contributed by atoms with van der Waals surface area (Å²) in [5, 5.41) is 5.14. The summed E-state index contributed by atoms with van der Waals surface area (Å²) >= 11 is 1.27. The molecule has 1 aliphatic heterocycles. The third-order valence-corrected chi connectivity index (χ3v) is 5.83. The Morgan fingerprint density at radius 1 is 1.21 bits per heavy atom. The molecule has 0 saturated heterocycles. The van der Waals surface area contributed by atoms with E-state index in [1.54, 1.807) is 48.1 Å². The molecule has 0 aliphatic carbocycles. The molecule has 1 aliphatic rings. The molecular formula is C21H15FN2O4S. The molecule has 0 unspecified atom stereocenters. The molecule has 0 bridgehead atoms. The van der Waals surface area contributed by atoms with Crippen molar-refractivity contribution in [2.24, 2.45) is 7.05 Å². The molecule has 146 valence electrons. The summed E-state index contributed by atoms with van der Waals surface area (Å²) in [5.74, 6) is 0.521. The van der Waals surface area contributed by atoms with Gasteiger partial charge in [-0.15, -0.1) is 11.3 Å². The first kappa shape index (κ1) is 17.7. The summed E-state index contributed by atoms with van der Waals surface area (Å²) < 4.78 is 31.9. The highest BCUT2D eigenvalue weighted by Gasteiger charge is 2.21. The molecule has 0 amide bonds. The van der Waals surface area contributed by atoms with Gasteiger partial charge in [0.25, 0.3) is 0 Å². The number of hydrogen-bond acceptors (Lipinski definition) is 6. The Bertz CT molecular complexity index is 1250. The largest absolute Gasteiger partial charge is 0.457 e. The van der Waals surface area contributed by atoms with Crippen molar-refractivity contribution in [1.82, 2.24) is 9.78 Å². The van der Waals surface area contributed by atoms with Gasteiger partial charge in [0.1, 0.15) is 27.8 Å². The lowest BCUT2D eigenvalue weighted by molar-refractivity contribution is 0.0478. The van der Waals surface area contributed by atoms with Crippen LogP contribution in [0, 0.1) is 5.82 Å². The first-order chi connectivity index (χ1) is 14.1. The van der Waals surface area contributed by atoms with Gasteiger partial charge < -0.3 is 14.2 Å². The van der Waals surface area contributed by atoms with E-state index >= 15 is 0 Å². The van der Waals surface area contributed by atoms with Crippen LogP contribution in [0.5, 0.6) is 11.5 Å². The van der Waals surface area contributed by atoms with Crippen LogP contribution in [0.3, 0.4) is 0 Å². The number of benzene rings is 2. The Morgan fingerprint density at radius 2 is 2.03 bits per heavy atom. The third-order valence-electron chi connectivity index (χ3n) is 4.65. The Hall–Kier alpha value is -3.39. The normalized spacial score (nSPS) is 12.5. The first-order valence-corrected chi connectivity index (χ1v) is 9.69. The van der Waals surface area contributed by atoms with Gasteiger partial charge in [0.15, 0.2) is 11.5 Å². The average Bonchev–Trinajstić information content (AvgIpc) is 3.43. The number of carbonyl (C=O) groups excluding carboxylic acids is 1. The highest BCUT2D eigenvalue weighted by Crippen LogP contribution is 2.35. The van der Waals surface area contributed by atoms with E-state index in [2.05, 4.69) is 5.10 Å². The third kappa shape index (κ3) is 3.11. The molecule has 5 rings (SSSR count). The zero-order valence-electron chi connectivity index (χ0n) is 15.3. The Morgan fingerprint density at radius 3 is 2.90 bits per heavy atom. The lowest BCUT2D eigenvalue weighted by Crippen LogP contribution is -2.03. The number of halogens is 1. The number of aryl methyl sites for hydroxylation is 1. The smallest absolute Gasteiger partial charge is 0.348 e. The van der Waals surface area contributed by atoms with Gasteiger partial charge >= 0.3 is 5.97 Å². The van der Waals surface area contributed by atoms with E-state index < -0.39 is 5.97 Å². The summed E-state index contributed by atoms with van der Waals surface area (Å²) in [6.45, 7) is 0.306. The molecule has 2 aromatic heterocycles. The molecule has 8 heteroatoms. The van der Waals surface area contributed by atoms with Crippen molar-refractivity contribution in [2.45, 2.75) is 6.61 Å². The van der Waals surface area contributed by atoms with Crippen LogP contribution >= 0.6 is 11.3 Å². The highest BCUT2D eigenvalue weighted by molar-refractivity contribution is 7.20. The zero-order chi connectivity index (χ0) is 20.0. The molecular weight excluding hydrogens is 395 g/mol. The maximum absolute atomic E-state index is 14.2. The maximum Gasteiger partial charge on any atom is 0.348 e. The number of ether oxygens (including phenoxy) is 3. The van der Waals surface area contributed by atoms with Crippen LogP contribution in [-0.2, 0) is 18.4 Å². The minimum Gasteiger partial charge on any atom is -0.457 e. The average molecular weight is 410 g/mol. The fourth-order valence-electron chi connectivity index (χ4n) is 3.24. The van der Waals surface area contributed by atoms with Gasteiger partial charge in [-0.05, 0) is 35.9 Å². The number of hydrogen-bond donors (Lipinski definition) is 0. The topological polar surface area (TPSA) is 62.6 Å². The molecule has 0 radical (unpaired) electrons. The van der Waals surface area contributed by atoms with E-state index in [0.717, 1.165) is 15.8 Å². The van der Waals surface area contributed by atoms with Gasteiger partial charge in [0, 0.05) is 18.0 Å². The summed E-state index contributed by atoms with van der Waals surface area (Å²) in [6, 6.07) is 13.6. The van der Waals surface area contributed by atoms with Gasteiger partial charge in [-0.3, -0.25) is 4.68 Å². The van der Waals surface area contributed by atoms with Gasteiger partial charge in [-0.25, -0.2) is 9.18 Å². The monoisotopic (exact) mass is 410 g/mol. The predicted octanol–water partition coefficient (Wildman–Crippen LogP) is 4.53. The van der Waals surface area contributed by atoms with E-state index in [4.69, 9.17) is 14.2 Å². The highest BCUT2D eigenvalue weighted by atomic mass is 32.1. The zero-order valence-corrected chi connectivity index (χ0v) is 16.2. The number of carbonyl (C=O) groups is 1. The van der Waals surface area contributed by atoms with Crippen molar-refractivity contribution in [3.8, 4) is 22.8 Å². The fourth-order valence-corrected chi connectivity index (χ4v) is 4.21. The van der Waals surface area contributed by atoms with Crippen molar-refractivity contribution in [3.05, 3.63) is 64.8 Å². The number of aromatic nitrogens is 2. The van der Waals surface area contributed by atoms with Crippen LogP contribution in [-0.4, -0.2) is 22.5 Å². The van der Waals surface area contributed by atoms with Gasteiger partial charge in [-0.1, -0.05) is 18.2 Å². The number of rotatable bonds is 4. The molecule has 2 aromatic carbocycles. The molecule has 0 N–H and O–H groups in total. The second-order valence-corrected chi connectivity index (χ2v) is 7.58. The number of thiophene rings is 1. The van der Waals surface area contributed by atoms with Gasteiger partial charge in [-0.2, -0.15) is 5.10 Å². The van der Waals surface area contributed by atoms with Crippen LogP contribution in [0.4, 0.5) is 4.39 Å². The van der Waals surface area contributed by atoms with Crippen molar-refractivity contribution in [1.29, 1.82) is 0 Å². The second-order valence-electron chi connectivity index (χ2n) is 6.55.